The minimum absolute atomic E-state index is 0.537. The van der Waals surface area contributed by atoms with Gasteiger partial charge in [0, 0.05) is 6.54 Å². The Kier molecular flexibility index (Phi) is 16.6. The first-order valence-corrected chi connectivity index (χ1v) is 8.95. The minimum Gasteiger partial charge on any atom is -0.357 e. The van der Waals surface area contributed by atoms with E-state index < -0.39 is 6.09 Å². The van der Waals surface area contributed by atoms with Gasteiger partial charge in [-0.3, -0.25) is 0 Å². The highest BCUT2D eigenvalue weighted by molar-refractivity contribution is 5.66. The van der Waals surface area contributed by atoms with Crippen LogP contribution < -0.4 is 11.2 Å². The molecule has 1 amide bonds. The fraction of sp³-hybridized carbons (Fsp3) is 0.941. The third kappa shape index (κ3) is 17.2. The van der Waals surface area contributed by atoms with Gasteiger partial charge in [-0.05, 0) is 6.42 Å². The summed E-state index contributed by atoms with van der Waals surface area (Å²) >= 11 is 0. The molecule has 0 aliphatic carbocycles. The molecule has 4 heteroatoms. The van der Waals surface area contributed by atoms with Gasteiger partial charge in [-0.1, -0.05) is 90.4 Å². The molecule has 0 radical (unpaired) electrons. The van der Waals surface area contributed by atoms with Gasteiger partial charge in [0.15, 0.2) is 0 Å². The lowest BCUT2D eigenvalue weighted by Crippen LogP contribution is -2.27. The van der Waals surface area contributed by atoms with Gasteiger partial charge in [0.1, 0.15) is 0 Å². The van der Waals surface area contributed by atoms with E-state index in [4.69, 9.17) is 5.90 Å². The predicted molar refractivity (Wildman–Crippen MR) is 89.0 cm³/mol. The average Bonchev–Trinajstić information content (AvgIpc) is 2.50. The Morgan fingerprint density at radius 2 is 1.14 bits per heavy atom. The molecule has 0 aromatic rings. The summed E-state index contributed by atoms with van der Waals surface area (Å²) in [7, 11) is 0. The maximum Gasteiger partial charge on any atom is 0.425 e. The van der Waals surface area contributed by atoms with Crippen LogP contribution in [-0.2, 0) is 4.84 Å². The molecule has 0 aromatic heterocycles. The van der Waals surface area contributed by atoms with Crippen LogP contribution in [0.4, 0.5) is 4.79 Å². The van der Waals surface area contributed by atoms with Crippen LogP contribution in [0.1, 0.15) is 96.8 Å². The van der Waals surface area contributed by atoms with Gasteiger partial charge in [0.25, 0.3) is 0 Å². The SMILES string of the molecule is CCCCCCCCCCCCCCCCNC(=O)ON. The fourth-order valence-electron chi connectivity index (χ4n) is 2.55. The molecule has 0 atom stereocenters. The van der Waals surface area contributed by atoms with Crippen molar-refractivity contribution in [1.29, 1.82) is 0 Å². The standard InChI is InChI=1S/C17H36N2O2/c1-2-3-4-5-6-7-8-9-10-11-12-13-14-15-16-19-17(20)21-18/h2-16,18H2,1H3,(H,19,20). The first-order chi connectivity index (χ1) is 10.3. The van der Waals surface area contributed by atoms with E-state index in [1.807, 2.05) is 0 Å². The summed E-state index contributed by atoms with van der Waals surface area (Å²) in [6, 6.07) is 0. The molecule has 0 aliphatic rings. The molecular weight excluding hydrogens is 264 g/mol. The maximum atomic E-state index is 10.7. The summed E-state index contributed by atoms with van der Waals surface area (Å²) in [5, 5.41) is 2.59. The maximum absolute atomic E-state index is 10.7. The summed E-state index contributed by atoms with van der Waals surface area (Å²) in [5.74, 6) is 4.72. The van der Waals surface area contributed by atoms with Gasteiger partial charge in [-0.2, -0.15) is 5.90 Å². The molecule has 0 saturated carbocycles. The Balaban J connectivity index is 2.98. The zero-order chi connectivity index (χ0) is 15.6. The van der Waals surface area contributed by atoms with Gasteiger partial charge in [-0.15, -0.1) is 0 Å². The Bertz CT molecular complexity index is 223. The summed E-state index contributed by atoms with van der Waals surface area (Å²) < 4.78 is 0. The number of unbranched alkanes of at least 4 members (excludes halogenated alkanes) is 13. The van der Waals surface area contributed by atoms with E-state index in [9.17, 15) is 4.79 Å². The molecule has 0 fully saturated rings. The Morgan fingerprint density at radius 1 is 0.762 bits per heavy atom. The molecule has 0 aromatic carbocycles. The topological polar surface area (TPSA) is 64.3 Å². The molecule has 4 nitrogen and oxygen atoms in total. The van der Waals surface area contributed by atoms with Crippen LogP contribution >= 0.6 is 0 Å². The second-order valence-corrected chi connectivity index (χ2v) is 5.93. The third-order valence-corrected chi connectivity index (χ3v) is 3.91. The van der Waals surface area contributed by atoms with Crippen molar-refractivity contribution >= 4 is 6.09 Å². The molecule has 3 N–H and O–H groups in total. The number of rotatable bonds is 15. The van der Waals surface area contributed by atoms with Crippen LogP contribution in [0.3, 0.4) is 0 Å². The van der Waals surface area contributed by atoms with E-state index >= 15 is 0 Å². The van der Waals surface area contributed by atoms with Crippen LogP contribution in [0.2, 0.25) is 0 Å². The molecule has 0 saturated heterocycles. The van der Waals surface area contributed by atoms with Crippen molar-refractivity contribution < 1.29 is 9.63 Å². The molecule has 0 rings (SSSR count). The van der Waals surface area contributed by atoms with Crippen LogP contribution in [0, 0.1) is 0 Å². The van der Waals surface area contributed by atoms with Crippen molar-refractivity contribution in [2.24, 2.45) is 5.90 Å². The van der Waals surface area contributed by atoms with Crippen molar-refractivity contribution in [3.8, 4) is 0 Å². The minimum atomic E-state index is -0.537. The van der Waals surface area contributed by atoms with E-state index in [1.165, 1.54) is 83.5 Å². The molecule has 21 heavy (non-hydrogen) atoms. The summed E-state index contributed by atoms with van der Waals surface area (Å²) in [6.45, 7) is 2.93. The second kappa shape index (κ2) is 17.3. The zero-order valence-corrected chi connectivity index (χ0v) is 14.0. The lowest BCUT2D eigenvalue weighted by Gasteiger charge is -2.04. The van der Waals surface area contributed by atoms with Crippen molar-refractivity contribution in [2.45, 2.75) is 96.8 Å². The molecule has 0 spiro atoms. The van der Waals surface area contributed by atoms with Gasteiger partial charge in [0.2, 0.25) is 0 Å². The quantitative estimate of drug-likeness (QED) is 0.328. The highest BCUT2D eigenvalue weighted by Crippen LogP contribution is 2.12. The van der Waals surface area contributed by atoms with Gasteiger partial charge in [0.05, 0.1) is 0 Å². The van der Waals surface area contributed by atoms with E-state index in [0.717, 1.165) is 6.42 Å². The van der Waals surface area contributed by atoms with Crippen LogP contribution in [0.15, 0.2) is 0 Å². The van der Waals surface area contributed by atoms with Crippen molar-refractivity contribution in [1.82, 2.24) is 5.32 Å². The van der Waals surface area contributed by atoms with E-state index in [0.29, 0.717) is 6.54 Å². The van der Waals surface area contributed by atoms with Crippen molar-refractivity contribution in [3.05, 3.63) is 0 Å². The Morgan fingerprint density at radius 3 is 1.52 bits per heavy atom. The Hall–Kier alpha value is -0.770. The molecular formula is C17H36N2O2. The van der Waals surface area contributed by atoms with Crippen LogP contribution in [0.25, 0.3) is 0 Å². The van der Waals surface area contributed by atoms with E-state index in [-0.39, 0.29) is 0 Å². The lowest BCUT2D eigenvalue weighted by atomic mass is 10.0. The average molecular weight is 300 g/mol. The van der Waals surface area contributed by atoms with Gasteiger partial charge in [-0.25, -0.2) is 4.79 Å². The number of carbonyl (C=O) groups is 1. The summed E-state index contributed by atoms with van der Waals surface area (Å²) in [6.07, 6.45) is 18.2. The summed E-state index contributed by atoms with van der Waals surface area (Å²) in [4.78, 5) is 14.7. The monoisotopic (exact) mass is 300 g/mol. The van der Waals surface area contributed by atoms with E-state index in [2.05, 4.69) is 17.1 Å². The molecule has 0 aliphatic heterocycles. The number of hydrogen-bond acceptors (Lipinski definition) is 3. The van der Waals surface area contributed by atoms with Gasteiger partial charge < -0.3 is 10.2 Å². The smallest absolute Gasteiger partial charge is 0.357 e. The van der Waals surface area contributed by atoms with Crippen molar-refractivity contribution in [2.75, 3.05) is 6.54 Å². The number of hydrogen-bond donors (Lipinski definition) is 2. The normalized spacial score (nSPS) is 10.6. The molecule has 0 heterocycles. The van der Waals surface area contributed by atoms with Gasteiger partial charge >= 0.3 is 6.09 Å². The number of nitrogens with two attached hydrogens (primary N) is 1. The Labute approximate surface area is 131 Å². The lowest BCUT2D eigenvalue weighted by molar-refractivity contribution is 0.147. The number of amides is 1. The fourth-order valence-corrected chi connectivity index (χ4v) is 2.55. The van der Waals surface area contributed by atoms with E-state index in [1.54, 1.807) is 0 Å². The largest absolute Gasteiger partial charge is 0.425 e. The highest BCUT2D eigenvalue weighted by atomic mass is 16.7. The predicted octanol–water partition coefficient (Wildman–Crippen LogP) is 5.07. The summed E-state index contributed by atoms with van der Waals surface area (Å²) in [5.41, 5.74) is 0. The molecule has 0 bridgehead atoms. The second-order valence-electron chi connectivity index (χ2n) is 5.93. The number of carbonyl (C=O) groups excluding carboxylic acids is 1. The molecule has 0 unspecified atom stereocenters. The van der Waals surface area contributed by atoms with Crippen LogP contribution in [0.5, 0.6) is 0 Å². The zero-order valence-electron chi connectivity index (χ0n) is 14.0. The van der Waals surface area contributed by atoms with Crippen molar-refractivity contribution in [3.63, 3.8) is 0 Å². The van der Waals surface area contributed by atoms with Crippen LogP contribution in [-0.4, -0.2) is 12.6 Å². The first kappa shape index (κ1) is 20.2. The third-order valence-electron chi connectivity index (χ3n) is 3.91. The molecule has 126 valence electrons. The number of nitrogens with one attached hydrogen (secondary N) is 1. The highest BCUT2D eigenvalue weighted by Gasteiger charge is 1.97. The first-order valence-electron chi connectivity index (χ1n) is 8.95.